The van der Waals surface area contributed by atoms with Gasteiger partial charge in [0.05, 0.1) is 0 Å². The summed E-state index contributed by atoms with van der Waals surface area (Å²) in [6, 6.07) is 0. The van der Waals surface area contributed by atoms with E-state index in [2.05, 4.69) is 26.0 Å². The molecule has 1 heteroatoms. The van der Waals surface area contributed by atoms with E-state index < -0.39 is 0 Å². The zero-order chi connectivity index (χ0) is 15.5. The summed E-state index contributed by atoms with van der Waals surface area (Å²) >= 11 is 0. The van der Waals surface area contributed by atoms with Crippen LogP contribution in [0.2, 0.25) is 0 Å². The van der Waals surface area contributed by atoms with Gasteiger partial charge in [0.25, 0.3) is 0 Å². The molecule has 0 aromatic rings. The third-order valence-electron chi connectivity index (χ3n) is 8.70. The van der Waals surface area contributed by atoms with Crippen molar-refractivity contribution < 1.29 is 4.79 Å². The first kappa shape index (κ1) is 15.0. The van der Waals surface area contributed by atoms with Crippen molar-refractivity contribution in [3.05, 3.63) is 12.2 Å². The molecule has 3 fully saturated rings. The summed E-state index contributed by atoms with van der Waals surface area (Å²) in [6.07, 6.45) is 15.5. The predicted octanol–water partition coefficient (Wildman–Crippen LogP) is 5.40. The first-order valence-corrected chi connectivity index (χ1v) is 9.62. The molecule has 4 rings (SSSR count). The van der Waals surface area contributed by atoms with Gasteiger partial charge in [-0.25, -0.2) is 0 Å². The second-order valence-electron chi connectivity index (χ2n) is 9.35. The third-order valence-corrected chi connectivity index (χ3v) is 8.70. The van der Waals surface area contributed by atoms with Gasteiger partial charge in [-0.05, 0) is 92.8 Å². The van der Waals surface area contributed by atoms with Crippen molar-refractivity contribution in [2.24, 2.45) is 40.4 Å². The monoisotopic (exact) mass is 300 g/mol. The lowest BCUT2D eigenvalue weighted by Crippen LogP contribution is -2.52. The topological polar surface area (TPSA) is 17.1 Å². The van der Waals surface area contributed by atoms with Crippen molar-refractivity contribution in [1.82, 2.24) is 0 Å². The van der Waals surface area contributed by atoms with Gasteiger partial charge in [-0.15, -0.1) is 0 Å². The highest BCUT2D eigenvalue weighted by Crippen LogP contribution is 2.66. The number of Topliss-reactive ketones (excluding diaryl/α,β-unsaturated/α-hetero) is 1. The van der Waals surface area contributed by atoms with Gasteiger partial charge in [-0.3, -0.25) is 4.79 Å². The number of ketones is 1. The number of carbonyl (C=O) groups excluding carboxylic acids is 1. The molecular formula is C21H32O. The van der Waals surface area contributed by atoms with Crippen molar-refractivity contribution in [3.8, 4) is 0 Å². The predicted molar refractivity (Wildman–Crippen MR) is 90.4 cm³/mol. The van der Waals surface area contributed by atoms with Crippen LogP contribution in [0.1, 0.15) is 72.1 Å². The summed E-state index contributed by atoms with van der Waals surface area (Å²) in [7, 11) is 0. The normalized spacial score (nSPS) is 53.5. The van der Waals surface area contributed by atoms with Gasteiger partial charge in [0, 0.05) is 5.92 Å². The lowest BCUT2D eigenvalue weighted by Gasteiger charge is -2.59. The Labute approximate surface area is 135 Å². The summed E-state index contributed by atoms with van der Waals surface area (Å²) in [5.41, 5.74) is 0.869. The van der Waals surface area contributed by atoms with Crippen LogP contribution >= 0.6 is 0 Å². The maximum Gasteiger partial charge on any atom is 0.133 e. The van der Waals surface area contributed by atoms with Crippen LogP contribution in [0, 0.1) is 40.4 Å². The fourth-order valence-electron chi connectivity index (χ4n) is 7.51. The highest BCUT2D eigenvalue weighted by atomic mass is 16.1. The van der Waals surface area contributed by atoms with E-state index in [0.29, 0.717) is 22.5 Å². The van der Waals surface area contributed by atoms with Crippen molar-refractivity contribution >= 4 is 5.78 Å². The Balaban J connectivity index is 1.65. The zero-order valence-corrected chi connectivity index (χ0v) is 14.6. The van der Waals surface area contributed by atoms with E-state index in [-0.39, 0.29) is 0 Å². The summed E-state index contributed by atoms with van der Waals surface area (Å²) in [4.78, 5) is 12.1. The molecule has 0 aliphatic heterocycles. The molecule has 0 spiro atoms. The molecule has 0 amide bonds. The third kappa shape index (κ3) is 1.86. The minimum absolute atomic E-state index is 0.320. The number of fused-ring (bicyclic) bond motifs is 5. The van der Waals surface area contributed by atoms with Crippen LogP contribution < -0.4 is 0 Å². The Morgan fingerprint density at radius 2 is 1.73 bits per heavy atom. The number of allylic oxidation sites excluding steroid dienone is 2. The molecule has 0 unspecified atom stereocenters. The van der Waals surface area contributed by atoms with Crippen molar-refractivity contribution in [2.75, 3.05) is 0 Å². The largest absolute Gasteiger partial charge is 0.300 e. The first-order chi connectivity index (χ1) is 10.5. The molecule has 4 aliphatic carbocycles. The molecule has 7 atom stereocenters. The second-order valence-corrected chi connectivity index (χ2v) is 9.35. The smallest absolute Gasteiger partial charge is 0.133 e. The highest BCUT2D eigenvalue weighted by Gasteiger charge is 2.59. The van der Waals surface area contributed by atoms with Crippen molar-refractivity contribution in [1.29, 1.82) is 0 Å². The Bertz CT molecular complexity index is 506. The minimum atomic E-state index is 0.320. The summed E-state index contributed by atoms with van der Waals surface area (Å²) in [6.45, 7) is 6.90. The van der Waals surface area contributed by atoms with Gasteiger partial charge in [-0.2, -0.15) is 0 Å². The van der Waals surface area contributed by atoms with E-state index in [1.807, 2.05) is 6.92 Å². The molecule has 0 bridgehead atoms. The van der Waals surface area contributed by atoms with Gasteiger partial charge in [-0.1, -0.05) is 26.0 Å². The minimum Gasteiger partial charge on any atom is -0.300 e. The molecule has 0 saturated heterocycles. The molecule has 1 nitrogen and oxygen atoms in total. The van der Waals surface area contributed by atoms with E-state index in [4.69, 9.17) is 0 Å². The van der Waals surface area contributed by atoms with Crippen LogP contribution in [0.4, 0.5) is 0 Å². The Morgan fingerprint density at radius 1 is 0.955 bits per heavy atom. The summed E-state index contributed by atoms with van der Waals surface area (Å²) in [5.74, 6) is 4.38. The van der Waals surface area contributed by atoms with Gasteiger partial charge in [0.2, 0.25) is 0 Å². The molecule has 0 aromatic carbocycles. The first-order valence-electron chi connectivity index (χ1n) is 9.62. The van der Waals surface area contributed by atoms with E-state index in [1.165, 1.54) is 51.4 Å². The quantitative estimate of drug-likeness (QED) is 0.592. The molecule has 0 heterocycles. The number of hydrogen-bond donors (Lipinski definition) is 0. The summed E-state index contributed by atoms with van der Waals surface area (Å²) < 4.78 is 0. The molecule has 0 radical (unpaired) electrons. The van der Waals surface area contributed by atoms with E-state index in [1.54, 1.807) is 0 Å². The van der Waals surface area contributed by atoms with Crippen molar-refractivity contribution in [3.63, 3.8) is 0 Å². The molecule has 0 aromatic heterocycles. The Hall–Kier alpha value is -0.590. The molecule has 122 valence electrons. The van der Waals surface area contributed by atoms with Crippen LogP contribution in [0.3, 0.4) is 0 Å². The molecule has 0 N–H and O–H groups in total. The fourth-order valence-corrected chi connectivity index (χ4v) is 7.51. The van der Waals surface area contributed by atoms with Crippen molar-refractivity contribution in [2.45, 2.75) is 72.1 Å². The molecular weight excluding hydrogens is 268 g/mol. The zero-order valence-electron chi connectivity index (χ0n) is 14.6. The lowest BCUT2D eigenvalue weighted by atomic mass is 9.45. The fraction of sp³-hybridized carbons (Fsp3) is 0.857. The van der Waals surface area contributed by atoms with E-state index in [9.17, 15) is 4.79 Å². The van der Waals surface area contributed by atoms with Crippen LogP contribution in [-0.4, -0.2) is 5.78 Å². The lowest BCUT2D eigenvalue weighted by molar-refractivity contribution is -0.131. The van der Waals surface area contributed by atoms with E-state index in [0.717, 1.165) is 23.7 Å². The Kier molecular flexibility index (Phi) is 3.37. The number of carbonyl (C=O) groups is 1. The van der Waals surface area contributed by atoms with Gasteiger partial charge in [0.15, 0.2) is 0 Å². The second kappa shape index (κ2) is 4.95. The van der Waals surface area contributed by atoms with Crippen LogP contribution in [0.5, 0.6) is 0 Å². The summed E-state index contributed by atoms with van der Waals surface area (Å²) in [5, 5.41) is 0. The van der Waals surface area contributed by atoms with Crippen LogP contribution in [-0.2, 0) is 4.79 Å². The maximum atomic E-state index is 12.1. The maximum absolute atomic E-state index is 12.1. The standard InChI is InChI=1S/C21H32O/c1-14(22)17-9-10-18-16-8-7-15-6-4-5-12-20(15,2)19(16)11-13-21(17,18)3/h4-5,15-19H,6-13H2,1-3H3/t15-,16+,17+,18-,19+,20+,21+/m1/s1. The average molecular weight is 300 g/mol. The Morgan fingerprint density at radius 3 is 2.50 bits per heavy atom. The van der Waals surface area contributed by atoms with E-state index >= 15 is 0 Å². The molecule has 3 saturated carbocycles. The SMILES string of the molecule is CC(=O)[C@@H]1CC[C@@H]2[C@@H]3CC[C@H]4CC=CC[C@]4(C)[C@H]3CC[C@]21C. The molecule has 22 heavy (non-hydrogen) atoms. The van der Waals surface area contributed by atoms with Gasteiger partial charge in [0.1, 0.15) is 5.78 Å². The average Bonchev–Trinajstić information content (AvgIpc) is 2.84. The van der Waals surface area contributed by atoms with Crippen LogP contribution in [0.25, 0.3) is 0 Å². The highest BCUT2D eigenvalue weighted by molar-refractivity contribution is 5.79. The number of rotatable bonds is 1. The molecule has 4 aliphatic rings. The van der Waals surface area contributed by atoms with Gasteiger partial charge < -0.3 is 0 Å². The van der Waals surface area contributed by atoms with Crippen LogP contribution in [0.15, 0.2) is 12.2 Å². The number of hydrogen-bond acceptors (Lipinski definition) is 1. The van der Waals surface area contributed by atoms with Gasteiger partial charge >= 0.3 is 0 Å².